The van der Waals surface area contributed by atoms with Crippen molar-refractivity contribution in [2.24, 2.45) is 10.9 Å². The van der Waals surface area contributed by atoms with Crippen molar-refractivity contribution in [1.29, 1.82) is 0 Å². The third-order valence-electron chi connectivity index (χ3n) is 3.82. The standard InChI is InChI=1S/C19H18N4O2/c1-23(2)19(24)16-9-7-15(8-10-16)18(22-20)14-5-3-13(4-6-14)17-11-21-12-25-17/h3-12H,20H2,1-2H3/b22-18-. The van der Waals surface area contributed by atoms with Crippen LogP contribution in [0.5, 0.6) is 0 Å². The molecule has 0 saturated carbocycles. The number of carbonyl (C=O) groups is 1. The van der Waals surface area contributed by atoms with E-state index in [2.05, 4.69) is 10.1 Å². The van der Waals surface area contributed by atoms with Crippen LogP contribution in [-0.4, -0.2) is 35.6 Å². The quantitative estimate of drug-likeness (QED) is 0.452. The van der Waals surface area contributed by atoms with Gasteiger partial charge in [0.05, 0.1) is 11.9 Å². The average molecular weight is 334 g/mol. The molecule has 0 aliphatic rings. The zero-order chi connectivity index (χ0) is 17.8. The lowest BCUT2D eigenvalue weighted by atomic mass is 9.99. The number of hydrogen-bond donors (Lipinski definition) is 1. The number of amides is 1. The van der Waals surface area contributed by atoms with Crippen molar-refractivity contribution < 1.29 is 9.21 Å². The summed E-state index contributed by atoms with van der Waals surface area (Å²) in [5.41, 5.74) is 3.89. The van der Waals surface area contributed by atoms with Gasteiger partial charge in [-0.05, 0) is 12.1 Å². The zero-order valence-electron chi connectivity index (χ0n) is 14.0. The van der Waals surface area contributed by atoms with Crippen LogP contribution in [0, 0.1) is 0 Å². The predicted molar refractivity (Wildman–Crippen MR) is 96.2 cm³/mol. The molecular formula is C19H18N4O2. The molecular weight excluding hydrogens is 316 g/mol. The van der Waals surface area contributed by atoms with Gasteiger partial charge in [0.15, 0.2) is 12.2 Å². The summed E-state index contributed by atoms with van der Waals surface area (Å²) >= 11 is 0. The highest BCUT2D eigenvalue weighted by molar-refractivity contribution is 6.13. The van der Waals surface area contributed by atoms with E-state index in [9.17, 15) is 4.79 Å². The molecule has 6 nitrogen and oxygen atoms in total. The normalized spacial score (nSPS) is 11.4. The summed E-state index contributed by atoms with van der Waals surface area (Å²) in [6.07, 6.45) is 3.06. The molecule has 0 spiro atoms. The van der Waals surface area contributed by atoms with E-state index in [-0.39, 0.29) is 5.91 Å². The summed E-state index contributed by atoms with van der Waals surface area (Å²) in [6, 6.07) is 14.9. The van der Waals surface area contributed by atoms with Crippen LogP contribution in [-0.2, 0) is 0 Å². The fraction of sp³-hybridized carbons (Fsp3) is 0.105. The van der Waals surface area contributed by atoms with Crippen molar-refractivity contribution in [1.82, 2.24) is 9.88 Å². The molecule has 1 amide bonds. The SMILES string of the molecule is CN(C)C(=O)c1ccc(/C(=N\N)c2ccc(-c3cnco3)cc2)cc1. The van der Waals surface area contributed by atoms with Crippen molar-refractivity contribution in [2.45, 2.75) is 0 Å². The topological polar surface area (TPSA) is 84.7 Å². The van der Waals surface area contributed by atoms with Gasteiger partial charge < -0.3 is 15.2 Å². The van der Waals surface area contributed by atoms with Crippen molar-refractivity contribution in [3.63, 3.8) is 0 Å². The van der Waals surface area contributed by atoms with E-state index in [4.69, 9.17) is 10.3 Å². The first-order valence-electron chi connectivity index (χ1n) is 7.69. The lowest BCUT2D eigenvalue weighted by molar-refractivity contribution is 0.0827. The van der Waals surface area contributed by atoms with Crippen molar-refractivity contribution in [2.75, 3.05) is 14.1 Å². The number of hydrazone groups is 1. The van der Waals surface area contributed by atoms with Crippen LogP contribution in [0.15, 0.2) is 70.6 Å². The van der Waals surface area contributed by atoms with Crippen molar-refractivity contribution in [3.05, 3.63) is 77.8 Å². The molecule has 3 aromatic rings. The number of rotatable bonds is 4. The van der Waals surface area contributed by atoms with Gasteiger partial charge in [0, 0.05) is 36.3 Å². The molecule has 1 aromatic heterocycles. The fourth-order valence-corrected chi connectivity index (χ4v) is 2.50. The largest absolute Gasteiger partial charge is 0.444 e. The minimum atomic E-state index is -0.0470. The summed E-state index contributed by atoms with van der Waals surface area (Å²) in [5, 5.41) is 3.92. The molecule has 0 atom stereocenters. The first-order chi connectivity index (χ1) is 12.1. The maximum absolute atomic E-state index is 12.0. The Morgan fingerprint density at radius 1 is 1.00 bits per heavy atom. The van der Waals surface area contributed by atoms with Crippen molar-refractivity contribution in [3.8, 4) is 11.3 Å². The third kappa shape index (κ3) is 3.42. The Morgan fingerprint density at radius 2 is 1.56 bits per heavy atom. The lowest BCUT2D eigenvalue weighted by Crippen LogP contribution is -2.21. The molecule has 126 valence electrons. The summed E-state index contributed by atoms with van der Waals surface area (Å²) in [6.45, 7) is 0. The van der Waals surface area contributed by atoms with Gasteiger partial charge in [0.2, 0.25) is 0 Å². The van der Waals surface area contributed by atoms with E-state index >= 15 is 0 Å². The highest BCUT2D eigenvalue weighted by atomic mass is 16.3. The first-order valence-corrected chi connectivity index (χ1v) is 7.69. The van der Waals surface area contributed by atoms with Crippen LogP contribution in [0.1, 0.15) is 21.5 Å². The molecule has 0 bridgehead atoms. The molecule has 6 heteroatoms. The second-order valence-corrected chi connectivity index (χ2v) is 5.70. The molecule has 0 aliphatic heterocycles. The van der Waals surface area contributed by atoms with Gasteiger partial charge in [-0.3, -0.25) is 4.79 Å². The van der Waals surface area contributed by atoms with Gasteiger partial charge in [-0.2, -0.15) is 5.10 Å². The minimum absolute atomic E-state index is 0.0470. The monoisotopic (exact) mass is 334 g/mol. The van der Waals surface area contributed by atoms with Gasteiger partial charge in [0.25, 0.3) is 5.91 Å². The summed E-state index contributed by atoms with van der Waals surface area (Å²) in [4.78, 5) is 17.4. The van der Waals surface area contributed by atoms with E-state index in [1.54, 1.807) is 32.4 Å². The maximum atomic E-state index is 12.0. The number of carbonyl (C=O) groups excluding carboxylic acids is 1. The Balaban J connectivity index is 1.86. The predicted octanol–water partition coefficient (Wildman–Crippen LogP) is 2.75. The number of benzene rings is 2. The highest BCUT2D eigenvalue weighted by Gasteiger charge is 2.11. The van der Waals surface area contributed by atoms with Crippen LogP contribution in [0.3, 0.4) is 0 Å². The van der Waals surface area contributed by atoms with Crippen molar-refractivity contribution >= 4 is 11.6 Å². The number of nitrogens with zero attached hydrogens (tertiary/aromatic N) is 3. The van der Waals surface area contributed by atoms with E-state index in [1.807, 2.05) is 36.4 Å². The van der Waals surface area contributed by atoms with Crippen LogP contribution >= 0.6 is 0 Å². The Bertz CT molecular complexity index is 880. The highest BCUT2D eigenvalue weighted by Crippen LogP contribution is 2.20. The van der Waals surface area contributed by atoms with Crippen LogP contribution in [0.2, 0.25) is 0 Å². The van der Waals surface area contributed by atoms with E-state index < -0.39 is 0 Å². The Hall–Kier alpha value is -3.41. The molecule has 0 fully saturated rings. The fourth-order valence-electron chi connectivity index (χ4n) is 2.50. The summed E-state index contributed by atoms with van der Waals surface area (Å²) in [5.74, 6) is 6.25. The molecule has 0 unspecified atom stereocenters. The third-order valence-corrected chi connectivity index (χ3v) is 3.82. The maximum Gasteiger partial charge on any atom is 0.253 e. The van der Waals surface area contributed by atoms with Gasteiger partial charge in [-0.25, -0.2) is 4.98 Å². The Labute approximate surface area is 145 Å². The summed E-state index contributed by atoms with van der Waals surface area (Å²) in [7, 11) is 3.44. The Kier molecular flexibility index (Phi) is 4.61. The lowest BCUT2D eigenvalue weighted by Gasteiger charge is -2.11. The van der Waals surface area contributed by atoms with E-state index in [0.717, 1.165) is 16.7 Å². The van der Waals surface area contributed by atoms with Crippen LogP contribution in [0.4, 0.5) is 0 Å². The number of aromatic nitrogens is 1. The van der Waals surface area contributed by atoms with E-state index in [1.165, 1.54) is 11.3 Å². The second kappa shape index (κ2) is 7.00. The molecule has 2 N–H and O–H groups in total. The molecule has 2 aromatic carbocycles. The number of nitrogens with two attached hydrogens (primary N) is 1. The van der Waals surface area contributed by atoms with Gasteiger partial charge in [-0.15, -0.1) is 0 Å². The molecule has 0 radical (unpaired) electrons. The molecule has 25 heavy (non-hydrogen) atoms. The Morgan fingerprint density at radius 3 is 2.04 bits per heavy atom. The number of hydrogen-bond acceptors (Lipinski definition) is 5. The molecule has 1 heterocycles. The van der Waals surface area contributed by atoms with Gasteiger partial charge in [-0.1, -0.05) is 36.4 Å². The number of oxazole rings is 1. The zero-order valence-corrected chi connectivity index (χ0v) is 14.0. The van der Waals surface area contributed by atoms with Gasteiger partial charge in [0.1, 0.15) is 0 Å². The summed E-state index contributed by atoms with van der Waals surface area (Å²) < 4.78 is 5.28. The first kappa shape index (κ1) is 16.4. The van der Waals surface area contributed by atoms with Gasteiger partial charge >= 0.3 is 0 Å². The average Bonchev–Trinajstić information content (AvgIpc) is 3.17. The van der Waals surface area contributed by atoms with Crippen LogP contribution < -0.4 is 5.84 Å². The van der Waals surface area contributed by atoms with Crippen LogP contribution in [0.25, 0.3) is 11.3 Å². The molecule has 3 rings (SSSR count). The minimum Gasteiger partial charge on any atom is -0.444 e. The molecule has 0 saturated heterocycles. The van der Waals surface area contributed by atoms with E-state index in [0.29, 0.717) is 17.0 Å². The second-order valence-electron chi connectivity index (χ2n) is 5.70. The smallest absolute Gasteiger partial charge is 0.253 e. The molecule has 0 aliphatic carbocycles.